The van der Waals surface area contributed by atoms with Gasteiger partial charge in [-0.2, -0.15) is 5.10 Å². The van der Waals surface area contributed by atoms with Gasteiger partial charge in [0.15, 0.2) is 5.69 Å². The maximum Gasteiger partial charge on any atom is 0.272 e. The van der Waals surface area contributed by atoms with Crippen molar-refractivity contribution in [3.63, 3.8) is 0 Å². The molecule has 0 spiro atoms. The lowest BCUT2D eigenvalue weighted by Gasteiger charge is -2.11. The van der Waals surface area contributed by atoms with E-state index in [-0.39, 0.29) is 11.9 Å². The number of H-pyrrole nitrogens is 1. The van der Waals surface area contributed by atoms with Crippen molar-refractivity contribution in [2.24, 2.45) is 0 Å². The van der Waals surface area contributed by atoms with Crippen LogP contribution >= 0.6 is 0 Å². The van der Waals surface area contributed by atoms with Gasteiger partial charge in [-0.05, 0) is 13.0 Å². The SMILES string of the molecule is COC[C@H](C)NC(=O)c1n[nH]c2ccccc12. The summed E-state index contributed by atoms with van der Waals surface area (Å²) in [5.74, 6) is -0.188. The lowest BCUT2D eigenvalue weighted by atomic mass is 10.2. The highest BCUT2D eigenvalue weighted by molar-refractivity contribution is 6.04. The van der Waals surface area contributed by atoms with Crippen LogP contribution in [0.3, 0.4) is 0 Å². The van der Waals surface area contributed by atoms with Gasteiger partial charge in [-0.3, -0.25) is 9.89 Å². The van der Waals surface area contributed by atoms with Crippen molar-refractivity contribution < 1.29 is 9.53 Å². The van der Waals surface area contributed by atoms with Crippen molar-refractivity contribution >= 4 is 16.8 Å². The van der Waals surface area contributed by atoms with Crippen molar-refractivity contribution in [2.75, 3.05) is 13.7 Å². The van der Waals surface area contributed by atoms with Crippen LogP contribution in [-0.4, -0.2) is 35.9 Å². The number of hydrogen-bond donors (Lipinski definition) is 2. The van der Waals surface area contributed by atoms with E-state index in [4.69, 9.17) is 4.74 Å². The fourth-order valence-corrected chi connectivity index (χ4v) is 1.72. The Morgan fingerprint density at radius 3 is 3.06 bits per heavy atom. The number of aromatic amines is 1. The van der Waals surface area contributed by atoms with E-state index >= 15 is 0 Å². The molecule has 1 aromatic carbocycles. The largest absolute Gasteiger partial charge is 0.383 e. The molecular weight excluding hydrogens is 218 g/mol. The number of methoxy groups -OCH3 is 1. The summed E-state index contributed by atoms with van der Waals surface area (Å²) >= 11 is 0. The van der Waals surface area contributed by atoms with Gasteiger partial charge in [0, 0.05) is 18.5 Å². The number of carbonyl (C=O) groups excluding carboxylic acids is 1. The Kier molecular flexibility index (Phi) is 3.39. The fraction of sp³-hybridized carbons (Fsp3) is 0.333. The second-order valence-corrected chi connectivity index (χ2v) is 3.95. The Bertz CT molecular complexity index is 521. The standard InChI is InChI=1S/C12H15N3O2/c1-8(7-17-2)13-12(16)11-9-5-3-4-6-10(9)14-15-11/h3-6,8H,7H2,1-2H3,(H,13,16)(H,14,15)/t8-/m0/s1. The maximum atomic E-state index is 12.0. The molecular formula is C12H15N3O2. The van der Waals surface area contributed by atoms with E-state index in [0.29, 0.717) is 12.3 Å². The zero-order valence-corrected chi connectivity index (χ0v) is 9.86. The monoisotopic (exact) mass is 233 g/mol. The van der Waals surface area contributed by atoms with Gasteiger partial charge in [-0.1, -0.05) is 18.2 Å². The topological polar surface area (TPSA) is 67.0 Å². The summed E-state index contributed by atoms with van der Waals surface area (Å²) in [4.78, 5) is 12.0. The molecule has 1 atom stereocenters. The average Bonchev–Trinajstić information content (AvgIpc) is 2.72. The van der Waals surface area contributed by atoms with E-state index in [0.717, 1.165) is 10.9 Å². The number of nitrogens with zero attached hydrogens (tertiary/aromatic N) is 1. The summed E-state index contributed by atoms with van der Waals surface area (Å²) in [5, 5.41) is 10.5. The predicted octanol–water partition coefficient (Wildman–Crippen LogP) is 1.33. The molecule has 0 aliphatic rings. The van der Waals surface area contributed by atoms with Gasteiger partial charge in [0.2, 0.25) is 0 Å². The third kappa shape index (κ3) is 2.45. The molecule has 0 saturated carbocycles. The molecule has 0 saturated heterocycles. The highest BCUT2D eigenvalue weighted by atomic mass is 16.5. The molecule has 0 bridgehead atoms. The summed E-state index contributed by atoms with van der Waals surface area (Å²) in [7, 11) is 1.60. The zero-order chi connectivity index (χ0) is 12.3. The van der Waals surface area contributed by atoms with E-state index in [1.807, 2.05) is 31.2 Å². The van der Waals surface area contributed by atoms with Crippen LogP contribution in [0.25, 0.3) is 10.9 Å². The van der Waals surface area contributed by atoms with Gasteiger partial charge in [-0.15, -0.1) is 0 Å². The van der Waals surface area contributed by atoms with Crippen LogP contribution in [-0.2, 0) is 4.74 Å². The van der Waals surface area contributed by atoms with E-state index in [1.165, 1.54) is 0 Å². The first-order valence-corrected chi connectivity index (χ1v) is 5.45. The molecule has 5 nitrogen and oxygen atoms in total. The molecule has 2 aromatic rings. The third-order valence-corrected chi connectivity index (χ3v) is 2.48. The number of nitrogens with one attached hydrogen (secondary N) is 2. The van der Waals surface area contributed by atoms with Crippen molar-refractivity contribution in [3.05, 3.63) is 30.0 Å². The van der Waals surface area contributed by atoms with E-state index in [1.54, 1.807) is 7.11 Å². The lowest BCUT2D eigenvalue weighted by molar-refractivity contribution is 0.0902. The van der Waals surface area contributed by atoms with E-state index in [2.05, 4.69) is 15.5 Å². The molecule has 2 rings (SSSR count). The summed E-state index contributed by atoms with van der Waals surface area (Å²) in [6.45, 7) is 2.37. The Morgan fingerprint density at radius 2 is 2.29 bits per heavy atom. The van der Waals surface area contributed by atoms with Crippen LogP contribution in [0, 0.1) is 0 Å². The molecule has 1 heterocycles. The first-order chi connectivity index (χ1) is 8.22. The van der Waals surface area contributed by atoms with Crippen molar-refractivity contribution in [3.8, 4) is 0 Å². The molecule has 0 aliphatic carbocycles. The Morgan fingerprint density at radius 1 is 1.53 bits per heavy atom. The molecule has 17 heavy (non-hydrogen) atoms. The van der Waals surface area contributed by atoms with Crippen molar-refractivity contribution in [1.82, 2.24) is 15.5 Å². The number of benzene rings is 1. The number of carbonyl (C=O) groups is 1. The molecule has 1 amide bonds. The second-order valence-electron chi connectivity index (χ2n) is 3.95. The highest BCUT2D eigenvalue weighted by Crippen LogP contribution is 2.14. The van der Waals surface area contributed by atoms with Crippen LogP contribution in [0.5, 0.6) is 0 Å². The summed E-state index contributed by atoms with van der Waals surface area (Å²) in [6.07, 6.45) is 0. The molecule has 0 unspecified atom stereocenters. The summed E-state index contributed by atoms with van der Waals surface area (Å²) < 4.78 is 4.97. The number of para-hydroxylation sites is 1. The van der Waals surface area contributed by atoms with Crippen molar-refractivity contribution in [1.29, 1.82) is 0 Å². The number of fused-ring (bicyclic) bond motifs is 1. The molecule has 0 radical (unpaired) electrons. The molecule has 5 heteroatoms. The summed E-state index contributed by atoms with van der Waals surface area (Å²) in [6, 6.07) is 7.50. The van der Waals surface area contributed by atoms with Gasteiger partial charge in [-0.25, -0.2) is 0 Å². The van der Waals surface area contributed by atoms with Crippen LogP contribution in [0.1, 0.15) is 17.4 Å². The minimum Gasteiger partial charge on any atom is -0.383 e. The Labute approximate surface area is 99.2 Å². The fourth-order valence-electron chi connectivity index (χ4n) is 1.72. The lowest BCUT2D eigenvalue weighted by Crippen LogP contribution is -2.35. The molecule has 2 N–H and O–H groups in total. The van der Waals surface area contributed by atoms with Crippen LogP contribution < -0.4 is 5.32 Å². The normalized spacial score (nSPS) is 12.6. The van der Waals surface area contributed by atoms with Gasteiger partial charge in [0.1, 0.15) is 0 Å². The van der Waals surface area contributed by atoms with Crippen molar-refractivity contribution in [2.45, 2.75) is 13.0 Å². The molecule has 1 aromatic heterocycles. The maximum absolute atomic E-state index is 12.0. The van der Waals surface area contributed by atoms with Crippen LogP contribution in [0.2, 0.25) is 0 Å². The number of hydrogen-bond acceptors (Lipinski definition) is 3. The Balaban J connectivity index is 2.19. The number of ether oxygens (including phenoxy) is 1. The smallest absolute Gasteiger partial charge is 0.272 e. The van der Waals surface area contributed by atoms with E-state index in [9.17, 15) is 4.79 Å². The summed E-state index contributed by atoms with van der Waals surface area (Å²) in [5.41, 5.74) is 1.28. The number of aromatic nitrogens is 2. The zero-order valence-electron chi connectivity index (χ0n) is 9.86. The number of amides is 1. The van der Waals surface area contributed by atoms with Gasteiger partial charge >= 0.3 is 0 Å². The first-order valence-electron chi connectivity index (χ1n) is 5.45. The average molecular weight is 233 g/mol. The van der Waals surface area contributed by atoms with Gasteiger partial charge < -0.3 is 10.1 Å². The second kappa shape index (κ2) is 4.97. The predicted molar refractivity (Wildman–Crippen MR) is 64.9 cm³/mol. The van der Waals surface area contributed by atoms with Crippen LogP contribution in [0.15, 0.2) is 24.3 Å². The highest BCUT2D eigenvalue weighted by Gasteiger charge is 2.15. The van der Waals surface area contributed by atoms with Crippen LogP contribution in [0.4, 0.5) is 0 Å². The quantitative estimate of drug-likeness (QED) is 0.837. The van der Waals surface area contributed by atoms with Gasteiger partial charge in [0.25, 0.3) is 5.91 Å². The molecule has 90 valence electrons. The minimum atomic E-state index is -0.188. The minimum absolute atomic E-state index is 0.0389. The first kappa shape index (κ1) is 11.6. The molecule has 0 fully saturated rings. The number of rotatable bonds is 4. The van der Waals surface area contributed by atoms with E-state index < -0.39 is 0 Å². The van der Waals surface area contributed by atoms with Gasteiger partial charge in [0.05, 0.1) is 12.1 Å². The molecule has 0 aliphatic heterocycles. The Hall–Kier alpha value is -1.88. The third-order valence-electron chi connectivity index (χ3n) is 2.48.